The molecule has 0 saturated carbocycles. The largest absolute Gasteiger partial charge is 0.344 e. The van der Waals surface area contributed by atoms with Crippen LogP contribution in [0.15, 0.2) is 36.8 Å². The number of rotatable bonds is 3. The van der Waals surface area contributed by atoms with Gasteiger partial charge < -0.3 is 9.88 Å². The molecule has 1 aliphatic rings. The SMILES string of the molecule is Cc1nc(C(=O)NC2Cc3cncn3C2)nn1-c1ccc(F)cc1. The van der Waals surface area contributed by atoms with Gasteiger partial charge in [0, 0.05) is 24.9 Å². The van der Waals surface area contributed by atoms with Gasteiger partial charge in [-0.05, 0) is 31.2 Å². The van der Waals surface area contributed by atoms with E-state index in [1.807, 2.05) is 4.57 Å². The highest BCUT2D eigenvalue weighted by atomic mass is 19.1. The van der Waals surface area contributed by atoms with Crippen molar-refractivity contribution in [1.82, 2.24) is 29.6 Å². The van der Waals surface area contributed by atoms with Gasteiger partial charge in [0.1, 0.15) is 11.6 Å². The number of hydrogen-bond donors (Lipinski definition) is 1. The summed E-state index contributed by atoms with van der Waals surface area (Å²) < 4.78 is 16.6. The third-order valence-electron chi connectivity index (χ3n) is 4.05. The molecule has 1 amide bonds. The Morgan fingerprint density at radius 2 is 2.12 bits per heavy atom. The molecule has 7 nitrogen and oxygen atoms in total. The average molecular weight is 326 g/mol. The fraction of sp³-hybridized carbons (Fsp3) is 0.250. The zero-order chi connectivity index (χ0) is 16.7. The molecule has 0 bridgehead atoms. The van der Waals surface area contributed by atoms with E-state index in [9.17, 15) is 9.18 Å². The molecule has 3 heterocycles. The molecule has 4 rings (SSSR count). The zero-order valence-electron chi connectivity index (χ0n) is 13.0. The van der Waals surface area contributed by atoms with E-state index in [1.54, 1.807) is 31.6 Å². The average Bonchev–Trinajstić information content (AvgIpc) is 3.22. The number of benzene rings is 1. The van der Waals surface area contributed by atoms with Crippen LogP contribution in [0.2, 0.25) is 0 Å². The summed E-state index contributed by atoms with van der Waals surface area (Å²) in [4.78, 5) is 20.7. The van der Waals surface area contributed by atoms with Crippen molar-refractivity contribution in [2.24, 2.45) is 0 Å². The van der Waals surface area contributed by atoms with Crippen LogP contribution in [0, 0.1) is 12.7 Å². The first-order valence-corrected chi connectivity index (χ1v) is 7.59. The predicted molar refractivity (Wildman–Crippen MR) is 83.2 cm³/mol. The lowest BCUT2D eigenvalue weighted by Gasteiger charge is -2.09. The number of halogens is 1. The molecule has 1 atom stereocenters. The number of fused-ring (bicyclic) bond motifs is 1. The lowest BCUT2D eigenvalue weighted by atomic mass is 10.2. The maximum absolute atomic E-state index is 13.0. The second-order valence-corrected chi connectivity index (χ2v) is 5.78. The Morgan fingerprint density at radius 1 is 1.33 bits per heavy atom. The molecule has 0 fully saturated rings. The minimum atomic E-state index is -0.325. The van der Waals surface area contributed by atoms with Crippen LogP contribution in [-0.2, 0) is 13.0 Å². The molecule has 0 aliphatic carbocycles. The summed E-state index contributed by atoms with van der Waals surface area (Å²) in [6.45, 7) is 2.44. The van der Waals surface area contributed by atoms with Gasteiger partial charge >= 0.3 is 0 Å². The molecule has 0 saturated heterocycles. The van der Waals surface area contributed by atoms with Gasteiger partial charge in [-0.1, -0.05) is 0 Å². The topological polar surface area (TPSA) is 77.6 Å². The van der Waals surface area contributed by atoms with Crippen molar-refractivity contribution in [2.75, 3.05) is 0 Å². The Morgan fingerprint density at radius 3 is 2.88 bits per heavy atom. The van der Waals surface area contributed by atoms with Crippen molar-refractivity contribution in [2.45, 2.75) is 25.9 Å². The van der Waals surface area contributed by atoms with Gasteiger partial charge in [-0.25, -0.2) is 19.0 Å². The van der Waals surface area contributed by atoms with Gasteiger partial charge in [-0.2, -0.15) is 0 Å². The van der Waals surface area contributed by atoms with Gasteiger partial charge in [-0.3, -0.25) is 4.79 Å². The predicted octanol–water partition coefficient (Wildman–Crippen LogP) is 1.27. The second kappa shape index (κ2) is 5.55. The van der Waals surface area contributed by atoms with E-state index >= 15 is 0 Å². The fourth-order valence-corrected chi connectivity index (χ4v) is 2.90. The van der Waals surface area contributed by atoms with Crippen LogP contribution in [0.1, 0.15) is 22.1 Å². The maximum Gasteiger partial charge on any atom is 0.291 e. The van der Waals surface area contributed by atoms with Crippen LogP contribution in [0.4, 0.5) is 4.39 Å². The third kappa shape index (κ3) is 2.55. The molecule has 3 aromatic rings. The van der Waals surface area contributed by atoms with Gasteiger partial charge in [0.2, 0.25) is 5.82 Å². The van der Waals surface area contributed by atoms with Crippen molar-refractivity contribution >= 4 is 5.91 Å². The van der Waals surface area contributed by atoms with E-state index < -0.39 is 0 Å². The molecule has 8 heteroatoms. The van der Waals surface area contributed by atoms with Gasteiger partial charge in [0.05, 0.1) is 18.1 Å². The Hall–Kier alpha value is -3.03. The molecule has 2 aromatic heterocycles. The molecule has 122 valence electrons. The highest BCUT2D eigenvalue weighted by Gasteiger charge is 2.25. The maximum atomic E-state index is 13.0. The van der Waals surface area contributed by atoms with Crippen molar-refractivity contribution in [3.63, 3.8) is 0 Å². The molecule has 24 heavy (non-hydrogen) atoms. The number of amides is 1. The summed E-state index contributed by atoms with van der Waals surface area (Å²) in [7, 11) is 0. The van der Waals surface area contributed by atoms with Crippen molar-refractivity contribution in [3.8, 4) is 5.69 Å². The van der Waals surface area contributed by atoms with Crippen LogP contribution in [-0.4, -0.2) is 36.3 Å². The number of hydrogen-bond acceptors (Lipinski definition) is 4. The molecule has 1 aromatic carbocycles. The molecular formula is C16H15FN6O. The lowest BCUT2D eigenvalue weighted by Crippen LogP contribution is -2.36. The summed E-state index contributed by atoms with van der Waals surface area (Å²) in [5.41, 5.74) is 1.75. The summed E-state index contributed by atoms with van der Waals surface area (Å²) in [6.07, 6.45) is 4.30. The van der Waals surface area contributed by atoms with E-state index in [1.165, 1.54) is 16.8 Å². The first-order chi connectivity index (χ1) is 11.6. The van der Waals surface area contributed by atoms with Crippen molar-refractivity contribution in [3.05, 3.63) is 59.9 Å². The van der Waals surface area contributed by atoms with E-state index in [-0.39, 0.29) is 23.6 Å². The lowest BCUT2D eigenvalue weighted by molar-refractivity contribution is 0.0926. The zero-order valence-corrected chi connectivity index (χ0v) is 13.0. The molecule has 0 radical (unpaired) electrons. The number of aryl methyl sites for hydroxylation is 1. The number of nitrogens with one attached hydrogen (secondary N) is 1. The number of imidazole rings is 1. The van der Waals surface area contributed by atoms with E-state index in [2.05, 4.69) is 20.4 Å². The quantitative estimate of drug-likeness (QED) is 0.786. The highest BCUT2D eigenvalue weighted by Crippen LogP contribution is 2.15. The van der Waals surface area contributed by atoms with Crippen LogP contribution in [0.5, 0.6) is 0 Å². The third-order valence-corrected chi connectivity index (χ3v) is 4.05. The second-order valence-electron chi connectivity index (χ2n) is 5.78. The minimum Gasteiger partial charge on any atom is -0.344 e. The first-order valence-electron chi connectivity index (χ1n) is 7.59. The number of carbonyl (C=O) groups excluding carboxylic acids is 1. The number of carbonyl (C=O) groups is 1. The number of aromatic nitrogens is 5. The van der Waals surface area contributed by atoms with Gasteiger partial charge in [0.25, 0.3) is 5.91 Å². The van der Waals surface area contributed by atoms with E-state index in [0.29, 0.717) is 18.1 Å². The molecule has 1 unspecified atom stereocenters. The van der Waals surface area contributed by atoms with Crippen LogP contribution in [0.25, 0.3) is 5.69 Å². The van der Waals surface area contributed by atoms with Crippen molar-refractivity contribution < 1.29 is 9.18 Å². The van der Waals surface area contributed by atoms with E-state index in [4.69, 9.17) is 0 Å². The highest BCUT2D eigenvalue weighted by molar-refractivity contribution is 5.90. The minimum absolute atomic E-state index is 0.00794. The standard InChI is InChI=1S/C16H15FN6O/c1-10-19-15(21-23(10)13-4-2-11(17)3-5-13)16(24)20-12-6-14-7-18-9-22(14)8-12/h2-5,7,9,12H,6,8H2,1H3,(H,20,24). The molecule has 0 spiro atoms. The van der Waals surface area contributed by atoms with Gasteiger partial charge in [0.15, 0.2) is 0 Å². The van der Waals surface area contributed by atoms with Crippen LogP contribution in [0.3, 0.4) is 0 Å². The molecular weight excluding hydrogens is 311 g/mol. The fourth-order valence-electron chi connectivity index (χ4n) is 2.90. The Labute approximate surface area is 137 Å². The van der Waals surface area contributed by atoms with Crippen LogP contribution >= 0.6 is 0 Å². The Kier molecular flexibility index (Phi) is 3.37. The Bertz CT molecular complexity index is 877. The number of nitrogens with zero attached hydrogens (tertiary/aromatic N) is 5. The summed E-state index contributed by atoms with van der Waals surface area (Å²) in [5.74, 6) is 0.0250. The first kappa shape index (κ1) is 14.6. The van der Waals surface area contributed by atoms with Gasteiger partial charge in [-0.15, -0.1) is 5.10 Å². The van der Waals surface area contributed by atoms with E-state index in [0.717, 1.165) is 12.1 Å². The summed E-state index contributed by atoms with van der Waals surface area (Å²) in [6, 6.07) is 5.88. The normalized spacial score (nSPS) is 16.2. The smallest absolute Gasteiger partial charge is 0.291 e. The summed E-state index contributed by atoms with van der Waals surface area (Å²) in [5, 5.41) is 7.18. The molecule has 1 N–H and O–H groups in total. The monoisotopic (exact) mass is 326 g/mol. The van der Waals surface area contributed by atoms with Crippen LogP contribution < -0.4 is 5.32 Å². The summed E-state index contributed by atoms with van der Waals surface area (Å²) >= 11 is 0. The Balaban J connectivity index is 1.50. The van der Waals surface area contributed by atoms with Crippen molar-refractivity contribution in [1.29, 1.82) is 0 Å². The molecule has 1 aliphatic heterocycles.